The molecule has 1 aliphatic heterocycles. The SMILES string of the molecule is Cc1ccc([C@]2(C)NC(=O)N(CC(=O)Nc3cc(F)ccc3F)C2=O)cc1. The van der Waals surface area contributed by atoms with Crippen LogP contribution in [0.2, 0.25) is 0 Å². The number of hydrogen-bond acceptors (Lipinski definition) is 3. The maximum atomic E-state index is 13.6. The van der Waals surface area contributed by atoms with Gasteiger partial charge in [-0.15, -0.1) is 0 Å². The third-order valence-electron chi connectivity index (χ3n) is 4.41. The first-order valence-corrected chi connectivity index (χ1v) is 8.17. The molecule has 0 aliphatic carbocycles. The molecule has 1 fully saturated rings. The second kappa shape index (κ2) is 6.79. The molecular formula is C19H17F2N3O3. The summed E-state index contributed by atoms with van der Waals surface area (Å²) in [6.07, 6.45) is 0. The van der Waals surface area contributed by atoms with Gasteiger partial charge in [0, 0.05) is 6.07 Å². The average Bonchev–Trinajstić information content (AvgIpc) is 2.83. The molecule has 0 aromatic heterocycles. The van der Waals surface area contributed by atoms with Gasteiger partial charge in [0.05, 0.1) is 5.69 Å². The molecule has 4 amide bonds. The van der Waals surface area contributed by atoms with Crippen LogP contribution in [0, 0.1) is 18.6 Å². The summed E-state index contributed by atoms with van der Waals surface area (Å²) in [5.74, 6) is -2.98. The molecule has 1 aliphatic rings. The number of anilines is 1. The number of hydrogen-bond donors (Lipinski definition) is 2. The average molecular weight is 373 g/mol. The van der Waals surface area contributed by atoms with E-state index in [2.05, 4.69) is 10.6 Å². The van der Waals surface area contributed by atoms with Crippen LogP contribution in [0.15, 0.2) is 42.5 Å². The molecule has 6 nitrogen and oxygen atoms in total. The van der Waals surface area contributed by atoms with Gasteiger partial charge in [-0.3, -0.25) is 14.5 Å². The van der Waals surface area contributed by atoms with E-state index in [1.54, 1.807) is 19.1 Å². The highest BCUT2D eigenvalue weighted by Gasteiger charge is 2.49. The molecule has 1 atom stereocenters. The standard InChI is InChI=1S/C19H17F2N3O3/c1-11-3-5-12(6-4-11)19(2)17(26)24(18(27)23-19)10-16(25)22-15-9-13(20)7-8-14(15)21/h3-9H,10H2,1-2H3,(H,22,25)(H,23,27)/t19-/m0/s1. The lowest BCUT2D eigenvalue weighted by Crippen LogP contribution is -2.42. The fraction of sp³-hybridized carbons (Fsp3) is 0.211. The Hall–Kier alpha value is -3.29. The van der Waals surface area contributed by atoms with E-state index >= 15 is 0 Å². The first-order chi connectivity index (χ1) is 12.7. The molecule has 1 saturated heterocycles. The van der Waals surface area contributed by atoms with E-state index in [1.807, 2.05) is 19.1 Å². The monoisotopic (exact) mass is 373 g/mol. The first-order valence-electron chi connectivity index (χ1n) is 8.17. The molecule has 0 unspecified atom stereocenters. The highest BCUT2D eigenvalue weighted by Crippen LogP contribution is 2.29. The Morgan fingerprint density at radius 2 is 1.81 bits per heavy atom. The normalized spacial score (nSPS) is 19.2. The number of halogens is 2. The van der Waals surface area contributed by atoms with Crippen LogP contribution in [0.5, 0.6) is 0 Å². The molecule has 140 valence electrons. The van der Waals surface area contributed by atoms with Gasteiger partial charge in [0.1, 0.15) is 23.7 Å². The fourth-order valence-electron chi connectivity index (χ4n) is 2.85. The van der Waals surface area contributed by atoms with E-state index in [-0.39, 0.29) is 5.69 Å². The molecule has 1 heterocycles. The zero-order valence-corrected chi connectivity index (χ0v) is 14.7. The Morgan fingerprint density at radius 1 is 1.15 bits per heavy atom. The van der Waals surface area contributed by atoms with E-state index in [1.165, 1.54) is 0 Å². The molecule has 2 aromatic carbocycles. The van der Waals surface area contributed by atoms with Gasteiger partial charge >= 0.3 is 6.03 Å². The fourth-order valence-corrected chi connectivity index (χ4v) is 2.85. The lowest BCUT2D eigenvalue weighted by molar-refractivity contribution is -0.133. The molecule has 0 radical (unpaired) electrons. The van der Waals surface area contributed by atoms with Crippen LogP contribution in [0.1, 0.15) is 18.1 Å². The molecule has 2 N–H and O–H groups in total. The van der Waals surface area contributed by atoms with Crippen molar-refractivity contribution < 1.29 is 23.2 Å². The summed E-state index contributed by atoms with van der Waals surface area (Å²) in [4.78, 5) is 37.9. The quantitative estimate of drug-likeness (QED) is 0.809. The van der Waals surface area contributed by atoms with Crippen molar-refractivity contribution in [1.82, 2.24) is 10.2 Å². The third-order valence-corrected chi connectivity index (χ3v) is 4.41. The Labute approximate surface area is 154 Å². The number of nitrogens with one attached hydrogen (secondary N) is 2. The van der Waals surface area contributed by atoms with E-state index in [0.717, 1.165) is 28.7 Å². The largest absolute Gasteiger partial charge is 0.325 e. The van der Waals surface area contributed by atoms with Gasteiger partial charge in [-0.05, 0) is 31.5 Å². The van der Waals surface area contributed by atoms with Crippen molar-refractivity contribution in [3.63, 3.8) is 0 Å². The summed E-state index contributed by atoms with van der Waals surface area (Å²) in [6.45, 7) is 2.81. The zero-order valence-electron chi connectivity index (χ0n) is 14.7. The van der Waals surface area contributed by atoms with Crippen molar-refractivity contribution in [2.24, 2.45) is 0 Å². The molecule has 3 rings (SSSR count). The lowest BCUT2D eigenvalue weighted by Gasteiger charge is -2.22. The van der Waals surface area contributed by atoms with E-state index in [4.69, 9.17) is 0 Å². The molecule has 0 spiro atoms. The van der Waals surface area contributed by atoms with Crippen molar-refractivity contribution in [3.8, 4) is 0 Å². The smallest absolute Gasteiger partial charge is 0.322 e. The second-order valence-corrected chi connectivity index (χ2v) is 6.48. The topological polar surface area (TPSA) is 78.5 Å². The number of nitrogens with zero attached hydrogens (tertiary/aromatic N) is 1. The molecule has 0 bridgehead atoms. The summed E-state index contributed by atoms with van der Waals surface area (Å²) in [5.41, 5.74) is -0.110. The van der Waals surface area contributed by atoms with Crippen LogP contribution >= 0.6 is 0 Å². The van der Waals surface area contributed by atoms with E-state index < -0.39 is 41.6 Å². The number of urea groups is 1. The van der Waals surface area contributed by atoms with Crippen molar-refractivity contribution in [1.29, 1.82) is 0 Å². The number of carbonyl (C=O) groups is 3. The Kier molecular flexibility index (Phi) is 4.65. The van der Waals surface area contributed by atoms with Gasteiger partial charge in [0.25, 0.3) is 5.91 Å². The number of rotatable bonds is 4. The summed E-state index contributed by atoms with van der Waals surface area (Å²) in [7, 11) is 0. The molecule has 0 saturated carbocycles. The number of benzene rings is 2. The predicted molar refractivity (Wildman–Crippen MR) is 93.8 cm³/mol. The van der Waals surface area contributed by atoms with Crippen LogP contribution < -0.4 is 10.6 Å². The van der Waals surface area contributed by atoms with E-state index in [9.17, 15) is 23.2 Å². The van der Waals surface area contributed by atoms with Crippen molar-refractivity contribution >= 4 is 23.5 Å². The van der Waals surface area contributed by atoms with Crippen LogP contribution in [0.25, 0.3) is 0 Å². The molecule has 2 aromatic rings. The minimum Gasteiger partial charge on any atom is -0.322 e. The van der Waals surface area contributed by atoms with Gasteiger partial charge in [-0.1, -0.05) is 29.8 Å². The third kappa shape index (κ3) is 3.51. The van der Waals surface area contributed by atoms with Gasteiger partial charge in [0.15, 0.2) is 0 Å². The number of imide groups is 1. The molecule has 8 heteroatoms. The van der Waals surface area contributed by atoms with Crippen molar-refractivity contribution in [2.45, 2.75) is 19.4 Å². The number of amides is 4. The summed E-state index contributed by atoms with van der Waals surface area (Å²) in [5, 5.41) is 4.74. The maximum Gasteiger partial charge on any atom is 0.325 e. The van der Waals surface area contributed by atoms with Gasteiger partial charge in [-0.2, -0.15) is 0 Å². The Bertz CT molecular complexity index is 930. The van der Waals surface area contributed by atoms with Crippen LogP contribution in [0.4, 0.5) is 19.3 Å². The second-order valence-electron chi connectivity index (χ2n) is 6.48. The van der Waals surface area contributed by atoms with Crippen molar-refractivity contribution in [2.75, 3.05) is 11.9 Å². The highest BCUT2D eigenvalue weighted by molar-refractivity contribution is 6.10. The summed E-state index contributed by atoms with van der Waals surface area (Å²) >= 11 is 0. The number of aryl methyl sites for hydroxylation is 1. The zero-order chi connectivity index (χ0) is 19.8. The first kappa shape index (κ1) is 18.5. The van der Waals surface area contributed by atoms with Crippen molar-refractivity contribution in [3.05, 3.63) is 65.2 Å². The summed E-state index contributed by atoms with van der Waals surface area (Å²) < 4.78 is 26.8. The molecule has 27 heavy (non-hydrogen) atoms. The number of carbonyl (C=O) groups excluding carboxylic acids is 3. The lowest BCUT2D eigenvalue weighted by atomic mass is 9.91. The Balaban J connectivity index is 1.76. The molecular weight excluding hydrogens is 356 g/mol. The Morgan fingerprint density at radius 3 is 2.48 bits per heavy atom. The highest BCUT2D eigenvalue weighted by atomic mass is 19.1. The summed E-state index contributed by atoms with van der Waals surface area (Å²) in [6, 6.07) is 8.92. The van der Waals surface area contributed by atoms with Gasteiger partial charge < -0.3 is 10.6 Å². The van der Waals surface area contributed by atoms with Crippen LogP contribution in [-0.2, 0) is 15.1 Å². The van der Waals surface area contributed by atoms with Crippen LogP contribution in [-0.4, -0.2) is 29.3 Å². The van der Waals surface area contributed by atoms with Crippen LogP contribution in [0.3, 0.4) is 0 Å². The minimum atomic E-state index is -1.31. The van der Waals surface area contributed by atoms with Gasteiger partial charge in [0.2, 0.25) is 5.91 Å². The van der Waals surface area contributed by atoms with Gasteiger partial charge in [-0.25, -0.2) is 13.6 Å². The minimum absolute atomic E-state index is 0.367. The predicted octanol–water partition coefficient (Wildman–Crippen LogP) is 2.68. The maximum absolute atomic E-state index is 13.6. The van der Waals surface area contributed by atoms with E-state index in [0.29, 0.717) is 5.56 Å².